The molecule has 0 aromatic heterocycles. The number of piperazine rings is 1. The van der Waals surface area contributed by atoms with Crippen molar-refractivity contribution in [3.8, 4) is 6.07 Å². The maximum Gasteiger partial charge on any atom is 0.0950 e. The summed E-state index contributed by atoms with van der Waals surface area (Å²) < 4.78 is 0. The van der Waals surface area contributed by atoms with Crippen molar-refractivity contribution in [3.05, 3.63) is 28.8 Å². The molecule has 1 heterocycles. The first-order chi connectivity index (χ1) is 8.61. The van der Waals surface area contributed by atoms with E-state index in [9.17, 15) is 0 Å². The second-order valence-electron chi connectivity index (χ2n) is 4.76. The van der Waals surface area contributed by atoms with Crippen LogP contribution in [0.3, 0.4) is 0 Å². The van der Waals surface area contributed by atoms with Gasteiger partial charge in [-0.1, -0.05) is 17.7 Å². The fourth-order valence-corrected chi connectivity index (χ4v) is 2.52. The highest BCUT2D eigenvalue weighted by atomic mass is 35.5. The number of rotatable bonds is 2. The average Bonchev–Trinajstić information content (AvgIpc) is 2.41. The minimum Gasteiger partial charge on any atom is -0.369 e. The van der Waals surface area contributed by atoms with Gasteiger partial charge in [0.1, 0.15) is 0 Å². The number of hydrogen-bond acceptors (Lipinski definition) is 3. The lowest BCUT2D eigenvalue weighted by Gasteiger charge is -2.37. The third-order valence-corrected chi connectivity index (χ3v) is 3.80. The zero-order valence-electron chi connectivity index (χ0n) is 10.9. The maximum atomic E-state index is 8.93. The van der Waals surface area contributed by atoms with Gasteiger partial charge in [0, 0.05) is 36.9 Å². The summed E-state index contributed by atoms with van der Waals surface area (Å²) in [6, 6.07) is 8.31. The largest absolute Gasteiger partial charge is 0.369 e. The number of benzene rings is 1. The Bertz CT molecular complexity index is 459. The molecule has 4 heteroatoms. The number of aryl methyl sites for hydroxylation is 1. The molecule has 2 rings (SSSR count). The van der Waals surface area contributed by atoms with Gasteiger partial charge in [-0.15, -0.1) is 0 Å². The molecule has 0 amide bonds. The summed E-state index contributed by atoms with van der Waals surface area (Å²) in [6.45, 7) is 7.83. The summed E-state index contributed by atoms with van der Waals surface area (Å²) in [5.74, 6) is 0. The summed E-state index contributed by atoms with van der Waals surface area (Å²) >= 11 is 6.06. The second kappa shape index (κ2) is 5.60. The highest BCUT2D eigenvalue weighted by Crippen LogP contribution is 2.25. The van der Waals surface area contributed by atoms with Crippen LogP contribution in [0.4, 0.5) is 5.69 Å². The van der Waals surface area contributed by atoms with Crippen LogP contribution in [0.1, 0.15) is 12.5 Å². The minimum atomic E-state index is 0.00704. The quantitative estimate of drug-likeness (QED) is 0.822. The van der Waals surface area contributed by atoms with E-state index >= 15 is 0 Å². The lowest BCUT2D eigenvalue weighted by molar-refractivity contribution is 0.231. The molecule has 18 heavy (non-hydrogen) atoms. The average molecular weight is 264 g/mol. The fraction of sp³-hybridized carbons (Fsp3) is 0.500. The van der Waals surface area contributed by atoms with Crippen LogP contribution in [-0.4, -0.2) is 37.1 Å². The lowest BCUT2D eigenvalue weighted by Crippen LogP contribution is -2.49. The number of anilines is 1. The standard InChI is InChI=1S/C14H18ClN3/c1-11-3-4-13(15)9-14(11)18-7-5-17(6-8-18)12(2)10-16/h3-4,9,12H,5-8H2,1-2H3. The van der Waals surface area contributed by atoms with Gasteiger partial charge in [-0.3, -0.25) is 4.90 Å². The first-order valence-electron chi connectivity index (χ1n) is 6.26. The molecule has 96 valence electrons. The number of halogens is 1. The zero-order chi connectivity index (χ0) is 13.1. The van der Waals surface area contributed by atoms with E-state index in [1.807, 2.05) is 19.1 Å². The molecule has 0 aliphatic carbocycles. The van der Waals surface area contributed by atoms with E-state index < -0.39 is 0 Å². The predicted octanol–water partition coefficient (Wildman–Crippen LogP) is 2.68. The predicted molar refractivity (Wildman–Crippen MR) is 75.1 cm³/mol. The molecule has 0 N–H and O–H groups in total. The van der Waals surface area contributed by atoms with Crippen molar-refractivity contribution in [1.29, 1.82) is 5.26 Å². The summed E-state index contributed by atoms with van der Waals surface area (Å²) in [6.07, 6.45) is 0. The number of hydrogen-bond donors (Lipinski definition) is 0. The smallest absolute Gasteiger partial charge is 0.0950 e. The van der Waals surface area contributed by atoms with Crippen LogP contribution in [0, 0.1) is 18.3 Å². The van der Waals surface area contributed by atoms with Gasteiger partial charge in [-0.2, -0.15) is 5.26 Å². The normalized spacial score (nSPS) is 18.4. The minimum absolute atomic E-state index is 0.00704. The second-order valence-corrected chi connectivity index (χ2v) is 5.20. The summed E-state index contributed by atoms with van der Waals surface area (Å²) in [5, 5.41) is 9.71. The van der Waals surface area contributed by atoms with Crippen LogP contribution in [0.25, 0.3) is 0 Å². The van der Waals surface area contributed by atoms with Gasteiger partial charge in [0.2, 0.25) is 0 Å². The molecule has 1 aliphatic rings. The van der Waals surface area contributed by atoms with Crippen LogP contribution >= 0.6 is 11.6 Å². The Morgan fingerprint density at radius 2 is 1.94 bits per heavy atom. The Morgan fingerprint density at radius 3 is 2.56 bits per heavy atom. The molecule has 1 unspecified atom stereocenters. The third-order valence-electron chi connectivity index (χ3n) is 3.56. The van der Waals surface area contributed by atoms with Crippen molar-refractivity contribution in [2.75, 3.05) is 31.1 Å². The first kappa shape index (κ1) is 13.2. The van der Waals surface area contributed by atoms with Gasteiger partial charge in [-0.05, 0) is 31.5 Å². The van der Waals surface area contributed by atoms with E-state index in [2.05, 4.69) is 28.9 Å². The monoisotopic (exact) mass is 263 g/mol. The van der Waals surface area contributed by atoms with E-state index in [1.165, 1.54) is 11.3 Å². The van der Waals surface area contributed by atoms with Crippen LogP contribution in [0.15, 0.2) is 18.2 Å². The first-order valence-corrected chi connectivity index (χ1v) is 6.64. The Labute approximate surface area is 114 Å². The van der Waals surface area contributed by atoms with Gasteiger partial charge in [0.05, 0.1) is 12.1 Å². The maximum absolute atomic E-state index is 8.93. The fourth-order valence-electron chi connectivity index (χ4n) is 2.36. The van der Waals surface area contributed by atoms with Crippen molar-refractivity contribution in [3.63, 3.8) is 0 Å². The third kappa shape index (κ3) is 2.77. The number of nitriles is 1. The molecule has 0 radical (unpaired) electrons. The Hall–Kier alpha value is -1.24. The van der Waals surface area contributed by atoms with Crippen molar-refractivity contribution < 1.29 is 0 Å². The topological polar surface area (TPSA) is 30.3 Å². The zero-order valence-corrected chi connectivity index (χ0v) is 11.6. The van der Waals surface area contributed by atoms with Crippen molar-refractivity contribution in [1.82, 2.24) is 4.90 Å². The molecule has 1 aliphatic heterocycles. The van der Waals surface area contributed by atoms with E-state index in [1.54, 1.807) is 0 Å². The molecule has 1 aromatic rings. The van der Waals surface area contributed by atoms with Gasteiger partial charge in [0.15, 0.2) is 0 Å². The lowest BCUT2D eigenvalue weighted by atomic mass is 10.1. The summed E-state index contributed by atoms with van der Waals surface area (Å²) in [5.41, 5.74) is 2.47. The van der Waals surface area contributed by atoms with Crippen LogP contribution in [0.5, 0.6) is 0 Å². The van der Waals surface area contributed by atoms with E-state index in [-0.39, 0.29) is 6.04 Å². The highest BCUT2D eigenvalue weighted by Gasteiger charge is 2.21. The van der Waals surface area contributed by atoms with Gasteiger partial charge >= 0.3 is 0 Å². The molecule has 0 saturated carbocycles. The van der Waals surface area contributed by atoms with E-state index in [0.29, 0.717) is 0 Å². The van der Waals surface area contributed by atoms with Gasteiger partial charge in [0.25, 0.3) is 0 Å². The van der Waals surface area contributed by atoms with E-state index in [4.69, 9.17) is 16.9 Å². The molecule has 1 atom stereocenters. The van der Waals surface area contributed by atoms with Crippen LogP contribution in [0.2, 0.25) is 5.02 Å². The van der Waals surface area contributed by atoms with Gasteiger partial charge in [-0.25, -0.2) is 0 Å². The Morgan fingerprint density at radius 1 is 1.28 bits per heavy atom. The molecule has 0 spiro atoms. The van der Waals surface area contributed by atoms with Crippen molar-refractivity contribution in [2.45, 2.75) is 19.9 Å². The Kier molecular flexibility index (Phi) is 4.11. The molecule has 1 saturated heterocycles. The summed E-state index contributed by atoms with van der Waals surface area (Å²) in [7, 11) is 0. The molecular weight excluding hydrogens is 246 g/mol. The van der Waals surface area contributed by atoms with Crippen molar-refractivity contribution in [2.24, 2.45) is 0 Å². The number of nitrogens with zero attached hydrogens (tertiary/aromatic N) is 3. The van der Waals surface area contributed by atoms with Gasteiger partial charge < -0.3 is 4.90 Å². The SMILES string of the molecule is Cc1ccc(Cl)cc1N1CCN(C(C)C#N)CC1. The van der Waals surface area contributed by atoms with Crippen LogP contribution in [-0.2, 0) is 0 Å². The highest BCUT2D eigenvalue weighted by molar-refractivity contribution is 6.30. The molecule has 1 fully saturated rings. The molecule has 0 bridgehead atoms. The summed E-state index contributed by atoms with van der Waals surface area (Å²) in [4.78, 5) is 4.57. The molecular formula is C14H18ClN3. The molecule has 1 aromatic carbocycles. The van der Waals surface area contributed by atoms with Crippen LogP contribution < -0.4 is 4.90 Å². The van der Waals surface area contributed by atoms with Crippen molar-refractivity contribution >= 4 is 17.3 Å². The Balaban J connectivity index is 2.06. The van der Waals surface area contributed by atoms with E-state index in [0.717, 1.165) is 31.2 Å². The molecule has 3 nitrogen and oxygen atoms in total.